The van der Waals surface area contributed by atoms with Crippen LogP contribution in [0, 0.1) is 12.3 Å². The first-order chi connectivity index (χ1) is 10.2. The molecule has 122 valence electrons. The number of nitrogens with one attached hydrogen (secondary N) is 1. The molecule has 22 heavy (non-hydrogen) atoms. The number of carbonyl (C=O) groups excluding carboxylic acids is 1. The molecule has 1 fully saturated rings. The summed E-state index contributed by atoms with van der Waals surface area (Å²) in [6, 6.07) is 0. The monoisotopic (exact) mass is 308 g/mol. The number of halogens is 1. The molecule has 5 nitrogen and oxygen atoms in total. The molecule has 0 spiro atoms. The summed E-state index contributed by atoms with van der Waals surface area (Å²) in [4.78, 5) is 22.4. The van der Waals surface area contributed by atoms with Crippen LogP contribution in [-0.4, -0.2) is 41.2 Å². The molecule has 2 heterocycles. The topological polar surface area (TPSA) is 58.1 Å². The number of alkyl halides is 1. The Kier molecular flexibility index (Phi) is 4.68. The van der Waals surface area contributed by atoms with Crippen molar-refractivity contribution in [2.24, 2.45) is 5.41 Å². The minimum atomic E-state index is -1.35. The van der Waals surface area contributed by atoms with E-state index in [1.165, 1.54) is 0 Å². The molecule has 0 radical (unpaired) electrons. The Morgan fingerprint density at radius 2 is 1.86 bits per heavy atom. The first kappa shape index (κ1) is 16.6. The van der Waals surface area contributed by atoms with Crippen molar-refractivity contribution in [3.8, 4) is 0 Å². The lowest BCUT2D eigenvalue weighted by Crippen LogP contribution is -2.50. The molecular formula is C16H25FN4O. The molecule has 0 atom stereocenters. The molecule has 1 aromatic rings. The van der Waals surface area contributed by atoms with Crippen LogP contribution in [-0.2, 0) is 4.79 Å². The second kappa shape index (κ2) is 6.18. The average molecular weight is 308 g/mol. The van der Waals surface area contributed by atoms with E-state index in [9.17, 15) is 9.18 Å². The summed E-state index contributed by atoms with van der Waals surface area (Å²) in [6.07, 6.45) is 4.27. The second-order valence-corrected chi connectivity index (χ2v) is 7.13. The molecule has 1 aromatic heterocycles. The van der Waals surface area contributed by atoms with E-state index in [0.717, 1.165) is 5.56 Å². The first-order valence-electron chi connectivity index (χ1n) is 7.70. The Balaban J connectivity index is 1.88. The van der Waals surface area contributed by atoms with E-state index in [2.05, 4.69) is 15.3 Å². The van der Waals surface area contributed by atoms with Crippen LogP contribution in [0.15, 0.2) is 12.4 Å². The molecule has 6 heteroatoms. The lowest BCUT2D eigenvalue weighted by Gasteiger charge is -2.36. The summed E-state index contributed by atoms with van der Waals surface area (Å²) in [5.41, 5.74) is -0.833. The number of nitrogens with zero attached hydrogens (tertiary/aromatic N) is 3. The lowest BCUT2D eigenvalue weighted by atomic mass is 9.91. The van der Waals surface area contributed by atoms with Gasteiger partial charge in [-0.3, -0.25) is 4.79 Å². The molecule has 1 saturated heterocycles. The van der Waals surface area contributed by atoms with E-state index < -0.39 is 11.1 Å². The minimum absolute atomic E-state index is 0.0751. The van der Waals surface area contributed by atoms with Gasteiger partial charge in [0.15, 0.2) is 0 Å². The Labute approximate surface area is 131 Å². The highest BCUT2D eigenvalue weighted by atomic mass is 19.1. The maximum absolute atomic E-state index is 14.8. The van der Waals surface area contributed by atoms with Crippen molar-refractivity contribution in [3.05, 3.63) is 18.0 Å². The molecule has 1 amide bonds. The van der Waals surface area contributed by atoms with Gasteiger partial charge in [0, 0.05) is 43.7 Å². The van der Waals surface area contributed by atoms with Gasteiger partial charge in [-0.2, -0.15) is 0 Å². The van der Waals surface area contributed by atoms with Crippen LogP contribution < -0.4 is 10.2 Å². The molecule has 1 aliphatic heterocycles. The van der Waals surface area contributed by atoms with Crippen molar-refractivity contribution >= 4 is 11.9 Å². The summed E-state index contributed by atoms with van der Waals surface area (Å²) in [5, 5.41) is 2.73. The predicted molar refractivity (Wildman–Crippen MR) is 84.5 cm³/mol. The Morgan fingerprint density at radius 3 is 2.36 bits per heavy atom. The minimum Gasteiger partial charge on any atom is -0.352 e. The van der Waals surface area contributed by atoms with Gasteiger partial charge in [-0.05, 0) is 12.5 Å². The Hall–Kier alpha value is -1.72. The number of amides is 1. The van der Waals surface area contributed by atoms with E-state index in [4.69, 9.17) is 0 Å². The van der Waals surface area contributed by atoms with E-state index in [-0.39, 0.29) is 12.5 Å². The SMILES string of the molecule is Cc1cnc(N2CCC(F)(CNC(=O)C(C)(C)C)CC2)nc1. The van der Waals surface area contributed by atoms with Gasteiger partial charge in [0.25, 0.3) is 0 Å². The molecule has 1 N–H and O–H groups in total. The number of aromatic nitrogens is 2. The van der Waals surface area contributed by atoms with Gasteiger partial charge >= 0.3 is 0 Å². The average Bonchev–Trinajstić information content (AvgIpc) is 2.46. The smallest absolute Gasteiger partial charge is 0.225 e. The van der Waals surface area contributed by atoms with E-state index in [1.807, 2.05) is 32.6 Å². The second-order valence-electron chi connectivity index (χ2n) is 7.13. The molecule has 1 aliphatic rings. The fourth-order valence-electron chi connectivity index (χ4n) is 2.34. The number of piperidine rings is 1. The number of carbonyl (C=O) groups is 1. The standard InChI is InChI=1S/C16H25FN4O/c1-12-9-18-14(19-10-12)21-7-5-16(17,6-8-21)11-20-13(22)15(2,3)4/h9-10H,5-8,11H2,1-4H3,(H,20,22). The van der Waals surface area contributed by atoms with Crippen LogP contribution in [0.4, 0.5) is 10.3 Å². The van der Waals surface area contributed by atoms with Crippen LogP contribution in [0.5, 0.6) is 0 Å². The number of anilines is 1. The summed E-state index contributed by atoms with van der Waals surface area (Å²) in [7, 11) is 0. The summed E-state index contributed by atoms with van der Waals surface area (Å²) >= 11 is 0. The van der Waals surface area contributed by atoms with Crippen molar-refractivity contribution in [1.29, 1.82) is 0 Å². The van der Waals surface area contributed by atoms with Crippen molar-refractivity contribution in [2.75, 3.05) is 24.5 Å². The van der Waals surface area contributed by atoms with Crippen molar-refractivity contribution in [2.45, 2.75) is 46.2 Å². The quantitative estimate of drug-likeness (QED) is 0.930. The predicted octanol–water partition coefficient (Wildman–Crippen LogP) is 2.26. The van der Waals surface area contributed by atoms with Crippen LogP contribution in [0.25, 0.3) is 0 Å². The van der Waals surface area contributed by atoms with Gasteiger partial charge in [-0.25, -0.2) is 14.4 Å². The van der Waals surface area contributed by atoms with Gasteiger partial charge in [0.1, 0.15) is 5.67 Å². The van der Waals surface area contributed by atoms with Crippen LogP contribution in [0.3, 0.4) is 0 Å². The van der Waals surface area contributed by atoms with E-state index in [1.54, 1.807) is 12.4 Å². The first-order valence-corrected chi connectivity index (χ1v) is 7.70. The zero-order valence-corrected chi connectivity index (χ0v) is 13.8. The zero-order chi connectivity index (χ0) is 16.4. The van der Waals surface area contributed by atoms with Gasteiger partial charge in [-0.15, -0.1) is 0 Å². The molecule has 0 aromatic carbocycles. The molecule has 0 bridgehead atoms. The maximum atomic E-state index is 14.8. The van der Waals surface area contributed by atoms with Crippen LogP contribution in [0.2, 0.25) is 0 Å². The Bertz CT molecular complexity index is 516. The fraction of sp³-hybridized carbons (Fsp3) is 0.688. The summed E-state index contributed by atoms with van der Waals surface area (Å²) < 4.78 is 14.8. The number of hydrogen-bond acceptors (Lipinski definition) is 4. The van der Waals surface area contributed by atoms with Crippen molar-refractivity contribution in [3.63, 3.8) is 0 Å². The van der Waals surface area contributed by atoms with Crippen molar-refractivity contribution < 1.29 is 9.18 Å². The number of hydrogen-bond donors (Lipinski definition) is 1. The molecule has 0 aliphatic carbocycles. The van der Waals surface area contributed by atoms with Crippen molar-refractivity contribution in [1.82, 2.24) is 15.3 Å². The lowest BCUT2D eigenvalue weighted by molar-refractivity contribution is -0.129. The maximum Gasteiger partial charge on any atom is 0.225 e. The molecular weight excluding hydrogens is 283 g/mol. The van der Waals surface area contributed by atoms with E-state index >= 15 is 0 Å². The summed E-state index contributed by atoms with van der Waals surface area (Å²) in [5.74, 6) is 0.528. The van der Waals surface area contributed by atoms with Crippen LogP contribution >= 0.6 is 0 Å². The third-order valence-corrected chi connectivity index (χ3v) is 3.96. The summed E-state index contributed by atoms with van der Waals surface area (Å²) in [6.45, 7) is 8.60. The normalized spacial score (nSPS) is 18.1. The molecule has 0 unspecified atom stereocenters. The third-order valence-electron chi connectivity index (χ3n) is 3.96. The van der Waals surface area contributed by atoms with Gasteiger partial charge in [-0.1, -0.05) is 20.8 Å². The van der Waals surface area contributed by atoms with Gasteiger partial charge in [0.2, 0.25) is 11.9 Å². The Morgan fingerprint density at radius 1 is 1.32 bits per heavy atom. The molecule has 2 rings (SSSR count). The third kappa shape index (κ3) is 4.15. The highest BCUT2D eigenvalue weighted by Crippen LogP contribution is 2.28. The van der Waals surface area contributed by atoms with Gasteiger partial charge in [0.05, 0.1) is 6.54 Å². The van der Waals surface area contributed by atoms with Gasteiger partial charge < -0.3 is 10.2 Å². The largest absolute Gasteiger partial charge is 0.352 e. The van der Waals surface area contributed by atoms with E-state index in [0.29, 0.717) is 31.9 Å². The molecule has 0 saturated carbocycles. The zero-order valence-electron chi connectivity index (χ0n) is 13.8. The number of aryl methyl sites for hydroxylation is 1. The number of rotatable bonds is 3. The highest BCUT2D eigenvalue weighted by Gasteiger charge is 2.36. The fourth-order valence-corrected chi connectivity index (χ4v) is 2.34. The van der Waals surface area contributed by atoms with Crippen LogP contribution in [0.1, 0.15) is 39.2 Å². The highest BCUT2D eigenvalue weighted by molar-refractivity contribution is 5.81.